The second-order valence-corrected chi connectivity index (χ2v) is 24.4. The molecule has 0 saturated heterocycles. The fourth-order valence-corrected chi connectivity index (χ4v) is 22.0. The Hall–Kier alpha value is 2.09. The fourth-order valence-electron chi connectivity index (χ4n) is 0.816. The van der Waals surface area contributed by atoms with Gasteiger partial charge in [-0.3, -0.25) is 0 Å². The Morgan fingerprint density at radius 3 is 0.571 bits per heavy atom. The molecule has 4 radical (unpaired) electrons. The quantitative estimate of drug-likeness (QED) is 0.623. The van der Waals surface area contributed by atoms with Gasteiger partial charge in [0.25, 0.3) is 0 Å². The van der Waals surface area contributed by atoms with Gasteiger partial charge in [-0.05, 0) is 0 Å². The fraction of sp³-hybridized carbons (Fsp3) is 1.00. The third-order valence-electron chi connectivity index (χ3n) is 0.816. The zero-order valence-corrected chi connectivity index (χ0v) is 19.2. The predicted molar refractivity (Wildman–Crippen MR) is 72.1 cm³/mol. The van der Waals surface area contributed by atoms with Gasteiger partial charge in [-0.25, -0.2) is 0 Å². The zero-order chi connectivity index (χ0) is 11.7. The summed E-state index contributed by atoms with van der Waals surface area (Å²) in [6.45, 7) is 0. The van der Waals surface area contributed by atoms with Crippen molar-refractivity contribution in [2.24, 2.45) is 0 Å². The van der Waals surface area contributed by atoms with Gasteiger partial charge in [0.1, 0.15) is 0 Å². The van der Waals surface area contributed by atoms with E-state index in [1.807, 2.05) is 0 Å². The average Bonchev–Trinajstić information content (AvgIpc) is 1.79. The molecule has 0 aromatic carbocycles. The van der Waals surface area contributed by atoms with E-state index in [0.717, 1.165) is 0 Å². The van der Waals surface area contributed by atoms with E-state index in [2.05, 4.69) is 46.0 Å². The first-order valence-electron chi connectivity index (χ1n) is 4.82. The van der Waals surface area contributed by atoms with E-state index in [0.29, 0.717) is 0 Å². The second-order valence-electron chi connectivity index (χ2n) is 3.84. The molecule has 0 aliphatic rings. The van der Waals surface area contributed by atoms with Gasteiger partial charge in [-0.2, -0.15) is 0 Å². The van der Waals surface area contributed by atoms with Crippen molar-refractivity contribution in [3.05, 3.63) is 0 Å². The molecule has 0 rings (SSSR count). The van der Waals surface area contributed by atoms with Crippen LogP contribution in [0.2, 0.25) is 46.0 Å². The number of hydrogen-bond acceptors (Lipinski definition) is 2. The Balaban J connectivity index is 0. The second kappa shape index (κ2) is 11.6. The summed E-state index contributed by atoms with van der Waals surface area (Å²) in [4.78, 5) is 0. The van der Waals surface area contributed by atoms with Gasteiger partial charge in [0, 0.05) is 0 Å². The first-order chi connectivity index (χ1) is 6.25. The van der Waals surface area contributed by atoms with Gasteiger partial charge < -0.3 is 0 Å². The average molecular weight is 443 g/mol. The minimum absolute atomic E-state index is 0.875. The van der Waals surface area contributed by atoms with Crippen molar-refractivity contribution < 1.29 is 5.58 Å². The maximum absolute atomic E-state index is 5.58. The molecule has 0 spiro atoms. The van der Waals surface area contributed by atoms with Crippen molar-refractivity contribution in [3.63, 3.8) is 0 Å². The Kier molecular flexibility index (Phi) is 15.3. The van der Waals surface area contributed by atoms with E-state index in [1.54, 1.807) is 0 Å². The van der Waals surface area contributed by atoms with Crippen molar-refractivity contribution in [1.82, 2.24) is 0 Å². The molecule has 14 heavy (non-hydrogen) atoms. The molecule has 0 unspecified atom stereocenters. The van der Waals surface area contributed by atoms with Gasteiger partial charge in [0.15, 0.2) is 0 Å². The SMILES string of the molecule is [CH3][Ge]([CH3])[O][Ge]([CH3])[CH3].[CH3][Ge]([CH3])[O][Ge]([CH3])[CH3]. The van der Waals surface area contributed by atoms with E-state index < -0.39 is 58.7 Å². The topological polar surface area (TPSA) is 18.5 Å². The number of rotatable bonds is 4. The Morgan fingerprint density at radius 2 is 0.571 bits per heavy atom. The van der Waals surface area contributed by atoms with Crippen LogP contribution in [0.4, 0.5) is 0 Å². The molecule has 0 fully saturated rings. The van der Waals surface area contributed by atoms with E-state index in [4.69, 9.17) is 5.58 Å². The normalized spacial score (nSPS) is 11.1. The van der Waals surface area contributed by atoms with Crippen LogP contribution in [-0.4, -0.2) is 58.7 Å². The molecule has 2 nitrogen and oxygen atoms in total. The summed E-state index contributed by atoms with van der Waals surface area (Å²) in [5.74, 6) is 18.0. The van der Waals surface area contributed by atoms with Crippen LogP contribution < -0.4 is 0 Å². The summed E-state index contributed by atoms with van der Waals surface area (Å²) in [7, 11) is 0. The van der Waals surface area contributed by atoms with Crippen LogP contribution in [0.1, 0.15) is 0 Å². The van der Waals surface area contributed by atoms with Crippen LogP contribution in [0.3, 0.4) is 0 Å². The molecule has 0 N–H and O–H groups in total. The van der Waals surface area contributed by atoms with Crippen molar-refractivity contribution in [2.45, 2.75) is 46.0 Å². The molecule has 84 valence electrons. The summed E-state index contributed by atoms with van der Waals surface area (Å²) < 4.78 is 11.2. The van der Waals surface area contributed by atoms with Gasteiger partial charge in [0.05, 0.1) is 0 Å². The van der Waals surface area contributed by atoms with Crippen LogP contribution in [0.15, 0.2) is 0 Å². The summed E-state index contributed by atoms with van der Waals surface area (Å²) in [5, 5.41) is 0. The molecule has 0 aliphatic heterocycles. The van der Waals surface area contributed by atoms with Gasteiger partial charge in [-0.1, -0.05) is 0 Å². The van der Waals surface area contributed by atoms with Crippen molar-refractivity contribution in [1.29, 1.82) is 0 Å². The third kappa shape index (κ3) is 23.7. The van der Waals surface area contributed by atoms with E-state index in [1.165, 1.54) is 0 Å². The Labute approximate surface area is 109 Å². The molecule has 0 aromatic heterocycles. The predicted octanol–water partition coefficient (Wildman–Crippen LogP) is 3.01. The first-order valence-corrected chi connectivity index (χ1v) is 25.0. The van der Waals surface area contributed by atoms with E-state index in [9.17, 15) is 0 Å². The molecular weight excluding hydrogens is 419 g/mol. The van der Waals surface area contributed by atoms with Gasteiger partial charge in [-0.15, -0.1) is 0 Å². The van der Waals surface area contributed by atoms with E-state index in [-0.39, 0.29) is 0 Å². The van der Waals surface area contributed by atoms with Crippen molar-refractivity contribution >= 4 is 58.7 Å². The summed E-state index contributed by atoms with van der Waals surface area (Å²) in [6, 6.07) is 0. The molecule has 0 saturated carbocycles. The molecule has 0 atom stereocenters. The molecule has 0 bridgehead atoms. The third-order valence-corrected chi connectivity index (χ3v) is 22.0. The molecule has 0 aromatic rings. The molecular formula is C8H24Ge4O2. The van der Waals surface area contributed by atoms with Crippen LogP contribution in [-0.2, 0) is 5.58 Å². The van der Waals surface area contributed by atoms with E-state index >= 15 is 0 Å². The van der Waals surface area contributed by atoms with Crippen LogP contribution in [0.5, 0.6) is 0 Å². The maximum atomic E-state index is 5.58. The Morgan fingerprint density at radius 1 is 0.429 bits per heavy atom. The standard InChI is InChI=1S/2C4H12Ge2O/c2*1-5(2)7-6(3)4/h2*1-4H3. The zero-order valence-electron chi connectivity index (χ0n) is 10.8. The monoisotopic (exact) mass is 448 g/mol. The summed E-state index contributed by atoms with van der Waals surface area (Å²) in [5.41, 5.74) is 0. The van der Waals surface area contributed by atoms with Gasteiger partial charge >= 0.3 is 110 Å². The summed E-state index contributed by atoms with van der Waals surface area (Å²) >= 11 is -3.50. The Bertz CT molecular complexity index is 91.9. The van der Waals surface area contributed by atoms with Gasteiger partial charge in [0.2, 0.25) is 0 Å². The van der Waals surface area contributed by atoms with Crippen molar-refractivity contribution in [2.75, 3.05) is 0 Å². The molecule has 0 heterocycles. The minimum atomic E-state index is -0.875. The molecule has 0 amide bonds. The first kappa shape index (κ1) is 18.5. The van der Waals surface area contributed by atoms with Crippen LogP contribution >= 0.6 is 0 Å². The van der Waals surface area contributed by atoms with Crippen LogP contribution in [0, 0.1) is 0 Å². The molecule has 6 heteroatoms. The summed E-state index contributed by atoms with van der Waals surface area (Å²) in [6.07, 6.45) is 0. The molecule has 0 aliphatic carbocycles. The number of hydrogen-bond donors (Lipinski definition) is 0. The van der Waals surface area contributed by atoms with Crippen molar-refractivity contribution in [3.8, 4) is 0 Å². The van der Waals surface area contributed by atoms with Crippen LogP contribution in [0.25, 0.3) is 0 Å².